The van der Waals surface area contributed by atoms with E-state index in [1.54, 1.807) is 31.9 Å². The number of carboxylic acids is 4. The fourth-order valence-corrected chi connectivity index (χ4v) is 9.46. The molecule has 0 aliphatic rings. The van der Waals surface area contributed by atoms with E-state index in [0.29, 0.717) is 11.4 Å². The fraction of sp³-hybridized carbons (Fsp3) is 0.561. The Morgan fingerprint density at radius 3 is 1.24 bits per heavy atom. The summed E-state index contributed by atoms with van der Waals surface area (Å²) in [5.74, 6) is -22.8. The van der Waals surface area contributed by atoms with Crippen LogP contribution in [0.5, 0.6) is 0 Å². The lowest BCUT2D eigenvalue weighted by molar-refractivity contribution is -0.148. The first kappa shape index (κ1) is 89.2. The zero-order valence-electron chi connectivity index (χ0n) is 54.8. The Balaban J connectivity index is 1.79. The van der Waals surface area contributed by atoms with E-state index in [1.165, 1.54) is 30.5 Å². The molecule has 1 aromatic carbocycles. The number of aliphatic carboxylic acids is 4. The van der Waals surface area contributed by atoms with Crippen LogP contribution >= 0.6 is 12.6 Å². The monoisotopic (exact) mass is 1520 g/mol. The van der Waals surface area contributed by atoms with Gasteiger partial charge in [0.15, 0.2) is 11.2 Å². The predicted octanol–water partition coefficient (Wildman–Crippen LogP) is -14.9. The molecule has 2 unspecified atom stereocenters. The van der Waals surface area contributed by atoms with E-state index in [4.69, 9.17) is 5.73 Å². The highest BCUT2D eigenvalue weighted by Crippen LogP contribution is 2.16. The number of aromatic amines is 1. The summed E-state index contributed by atoms with van der Waals surface area (Å²) < 4.78 is 0. The van der Waals surface area contributed by atoms with Crippen LogP contribution in [-0.4, -0.2) is 337 Å². The highest BCUT2D eigenvalue weighted by Gasteiger charge is 2.43. The molecule has 2 aromatic heterocycles. The molecule has 48 heteroatoms. The molecule has 0 aliphatic heterocycles. The van der Waals surface area contributed by atoms with Crippen LogP contribution in [0.3, 0.4) is 0 Å². The zero-order valence-corrected chi connectivity index (χ0v) is 55.7. The SMILES string of the molecule is Nc1nc2ncc(CNc3ccc(C(=O)NCCCC(=O)N[C@H](C(=O)N[C@@H](CC(=O)NC(C(=O)N[C@@H](CC(=O)N[C@H](C(=O)N[C@@H](CC(=O)NC(C(=O)N[C@@H](CS)C(=O)O)[C@@H](O)[C@H](O)[C@H](O)CO)C(=O)O)[C@@H](O)[C@H](O)CCO)C(=O)O)[C@@H](O)[C@H](O)[C@H](O)CO)C(=O)O)[C@@H](O)[C@H](O)CCO)cc3)nc2c(=O)[nH]1. The number of fused-ring (bicyclic) bond motifs is 1. The third kappa shape index (κ3) is 27.8. The molecule has 0 spiro atoms. The van der Waals surface area contributed by atoms with Crippen LogP contribution in [0, 0.1) is 0 Å². The van der Waals surface area contributed by atoms with Crippen LogP contribution < -0.4 is 64.5 Å². The van der Waals surface area contributed by atoms with Gasteiger partial charge in [-0.25, -0.2) is 29.1 Å². The lowest BCUT2D eigenvalue weighted by atomic mass is 9.99. The third-order valence-electron chi connectivity index (χ3n) is 15.0. The minimum atomic E-state index is -2.86. The number of nitrogens with one attached hydrogen (secondary N) is 11. The number of carbonyl (C=O) groups is 13. The van der Waals surface area contributed by atoms with Gasteiger partial charge in [-0.3, -0.25) is 52.9 Å². The van der Waals surface area contributed by atoms with Gasteiger partial charge in [0, 0.05) is 43.2 Å². The molecule has 3 rings (SSSR count). The number of hydrogen-bond donors (Lipinski definition) is 31. The average molecular weight is 1520 g/mol. The highest BCUT2D eigenvalue weighted by atomic mass is 32.1. The molecule has 584 valence electrons. The van der Waals surface area contributed by atoms with Gasteiger partial charge in [0.05, 0.1) is 63.1 Å². The van der Waals surface area contributed by atoms with Crippen molar-refractivity contribution in [3.8, 4) is 0 Å². The second-order valence-corrected chi connectivity index (χ2v) is 23.3. The molecule has 3 aromatic rings. The Morgan fingerprint density at radius 2 is 0.867 bits per heavy atom. The standard InChI is InChI=1S/C57H83N15O32S/c58-57-71-46-39(52(96)72-57)62-22(16-61-46)15-60-21-5-3-20(4-6-21)47(91)59-9-1-2-31(81)67-35(40(85)27(77)7-10-73)48(92)63-23(53(97)98)13-33(83)69-37(44(89)42(87)29(79)17-75)50(94)65-25(55(101)102)12-32(82)68-36(41(86)28(78)8-11-74)49(93)64-24(54(99)100)14-34(84)70-38(45(90)43(88)30(80)18-76)51(95)66-26(19-105)56(103)104/h3-6,16,23-30,35-38,40-45,60,73-80,85-90,105H,1-2,7-15,17-19H2,(H,59,91)(H,63,92)(H,64,93)(H,65,94)(H,66,95)(H,67,81)(H,68,82)(H,69,83)(H,70,84)(H,97,98)(H,99,100)(H,101,102)(H,103,104)(H3,58,61,71,72,96)/t23-,24-,25-,26-,27+,28+,29+,30+,35-,36-,37?,38?,40-,41-,42+,43+,44+,45+/m0/s1. The molecular formula is C57H83N15O32S. The molecule has 18 atom stereocenters. The van der Waals surface area contributed by atoms with Crippen molar-refractivity contribution in [2.24, 2.45) is 0 Å². The minimum Gasteiger partial charge on any atom is -0.480 e. The number of nitrogens with zero attached hydrogens (tertiary/aromatic N) is 3. The Morgan fingerprint density at radius 1 is 0.486 bits per heavy atom. The van der Waals surface area contributed by atoms with Crippen molar-refractivity contribution in [2.75, 3.05) is 49.8 Å². The number of rotatable bonds is 47. The molecule has 47 nitrogen and oxygen atoms in total. The van der Waals surface area contributed by atoms with Crippen LogP contribution in [0.2, 0.25) is 0 Å². The van der Waals surface area contributed by atoms with Gasteiger partial charge in [0.25, 0.3) is 11.5 Å². The maximum absolute atomic E-state index is 13.9. The summed E-state index contributed by atoms with van der Waals surface area (Å²) in [5.41, 5.74) is 5.94. The van der Waals surface area contributed by atoms with E-state index in [-0.39, 0.29) is 42.2 Å². The summed E-state index contributed by atoms with van der Waals surface area (Å²) in [7, 11) is 0. The van der Waals surface area contributed by atoms with Gasteiger partial charge in [-0.2, -0.15) is 17.6 Å². The number of carbonyl (C=O) groups excluding carboxylic acids is 9. The number of nitrogens with two attached hydrogens (primary N) is 1. The van der Waals surface area contributed by atoms with E-state index in [1.807, 2.05) is 5.32 Å². The summed E-state index contributed by atoms with van der Waals surface area (Å²) in [4.78, 5) is 197. The van der Waals surface area contributed by atoms with Crippen molar-refractivity contribution in [3.63, 3.8) is 0 Å². The minimum absolute atomic E-state index is 0.0305. The smallest absolute Gasteiger partial charge is 0.327 e. The molecule has 0 saturated heterocycles. The summed E-state index contributed by atoms with van der Waals surface area (Å²) in [6, 6.07) is -13.9. The number of anilines is 2. The van der Waals surface area contributed by atoms with Crippen LogP contribution in [-0.2, 0) is 64.1 Å². The largest absolute Gasteiger partial charge is 0.480 e. The predicted molar refractivity (Wildman–Crippen MR) is 349 cm³/mol. The molecule has 0 bridgehead atoms. The first-order valence-electron chi connectivity index (χ1n) is 31.1. The number of benzene rings is 1. The van der Waals surface area contributed by atoms with Gasteiger partial charge in [-0.1, -0.05) is 0 Å². The maximum Gasteiger partial charge on any atom is 0.327 e. The second-order valence-electron chi connectivity index (χ2n) is 23.0. The van der Waals surface area contributed by atoms with Crippen molar-refractivity contribution in [1.82, 2.24) is 67.8 Å². The molecular weight excluding hydrogens is 1440 g/mol. The van der Waals surface area contributed by atoms with Crippen LogP contribution in [0.4, 0.5) is 11.6 Å². The number of carboxylic acid groups (broad SMARTS) is 4. The molecule has 9 amide bonds. The van der Waals surface area contributed by atoms with Gasteiger partial charge >= 0.3 is 23.9 Å². The summed E-state index contributed by atoms with van der Waals surface area (Å²) >= 11 is 3.74. The molecule has 0 fully saturated rings. The van der Waals surface area contributed by atoms with E-state index in [0.717, 1.165) is 0 Å². The van der Waals surface area contributed by atoms with E-state index >= 15 is 0 Å². The molecule has 0 saturated carbocycles. The van der Waals surface area contributed by atoms with Crippen molar-refractivity contribution < 1.29 is 154 Å². The van der Waals surface area contributed by atoms with Crippen molar-refractivity contribution >= 4 is 112 Å². The average Bonchev–Trinajstić information content (AvgIpc) is 0.824. The van der Waals surface area contributed by atoms with E-state index in [2.05, 4.69) is 48.5 Å². The Hall–Kier alpha value is -10.1. The molecule has 105 heavy (non-hydrogen) atoms. The number of nitrogen functional groups attached to an aromatic ring is 1. The summed E-state index contributed by atoms with van der Waals surface area (Å²) in [5, 5.41) is 203. The van der Waals surface area contributed by atoms with Crippen LogP contribution in [0.15, 0.2) is 35.3 Å². The highest BCUT2D eigenvalue weighted by molar-refractivity contribution is 7.80. The Labute approximate surface area is 595 Å². The number of aliphatic hydroxyl groups excluding tert-OH is 14. The molecule has 0 aliphatic carbocycles. The van der Waals surface area contributed by atoms with Gasteiger partial charge in [0.1, 0.15) is 97.2 Å². The third-order valence-corrected chi connectivity index (χ3v) is 15.4. The first-order chi connectivity index (χ1) is 49.3. The van der Waals surface area contributed by atoms with Gasteiger partial charge in [-0.15, -0.1) is 0 Å². The topological polar surface area (TPSA) is 804 Å². The number of aromatic nitrogens is 4. The lowest BCUT2D eigenvalue weighted by Gasteiger charge is -2.31. The van der Waals surface area contributed by atoms with Gasteiger partial charge in [-0.05, 0) is 43.5 Å². The zero-order chi connectivity index (χ0) is 79.3. The summed E-state index contributed by atoms with van der Waals surface area (Å²) in [6.45, 7) is -4.53. The van der Waals surface area contributed by atoms with Crippen LogP contribution in [0.1, 0.15) is 61.0 Å². The lowest BCUT2D eigenvalue weighted by Crippen LogP contribution is -2.63. The number of aliphatic hydroxyl groups is 14. The molecule has 31 N–H and O–H groups in total. The van der Waals surface area contributed by atoms with Crippen molar-refractivity contribution in [2.45, 2.75) is 161 Å². The van der Waals surface area contributed by atoms with E-state index in [9.17, 15) is 159 Å². The van der Waals surface area contributed by atoms with Crippen molar-refractivity contribution in [1.29, 1.82) is 0 Å². The number of thiol groups is 1. The van der Waals surface area contributed by atoms with Crippen LogP contribution in [0.25, 0.3) is 11.2 Å². The van der Waals surface area contributed by atoms with Crippen molar-refractivity contribution in [3.05, 3.63) is 52.1 Å². The fourth-order valence-electron chi connectivity index (χ4n) is 9.21. The van der Waals surface area contributed by atoms with Gasteiger partial charge < -0.3 is 151 Å². The second kappa shape index (κ2) is 43.3. The number of hydrogen-bond acceptors (Lipinski definition) is 34. The number of H-pyrrole nitrogens is 1. The maximum atomic E-state index is 13.9. The normalized spacial score (nSPS) is 16.5. The quantitative estimate of drug-likeness (QED) is 0.0184. The van der Waals surface area contributed by atoms with E-state index < -0.39 is 263 Å². The first-order valence-corrected chi connectivity index (χ1v) is 31.8. The van der Waals surface area contributed by atoms with Gasteiger partial charge in [0.2, 0.25) is 53.2 Å². The Bertz CT molecular complexity index is 3570. The molecule has 2 heterocycles. The summed E-state index contributed by atoms with van der Waals surface area (Å²) in [6.07, 6.45) is -29.9. The molecule has 0 radical (unpaired) electrons. The Kier molecular flexibility index (Phi) is 36.7. The number of amides is 9.